The van der Waals surface area contributed by atoms with Crippen LogP contribution in [0.4, 0.5) is 0 Å². The largest absolute Gasteiger partial charge is 0.330 e. The number of rotatable bonds is 7. The Bertz CT molecular complexity index is 945. The molecule has 1 aliphatic heterocycles. The van der Waals surface area contributed by atoms with Gasteiger partial charge in [-0.3, -0.25) is 4.90 Å². The van der Waals surface area contributed by atoms with Gasteiger partial charge >= 0.3 is 0 Å². The van der Waals surface area contributed by atoms with Crippen LogP contribution in [0, 0.1) is 12.8 Å². The van der Waals surface area contributed by atoms with Crippen LogP contribution >= 0.6 is 0 Å². The first kappa shape index (κ1) is 20.1. The molecule has 1 aromatic heterocycles. The summed E-state index contributed by atoms with van der Waals surface area (Å²) < 4.78 is 2.24. The molecule has 1 aliphatic rings. The number of para-hydroxylation sites is 2. The Balaban J connectivity index is 1.30. The molecule has 1 fully saturated rings. The van der Waals surface area contributed by atoms with Crippen molar-refractivity contribution in [2.45, 2.75) is 32.7 Å². The van der Waals surface area contributed by atoms with Crippen LogP contribution < -0.4 is 0 Å². The maximum absolute atomic E-state index is 4.84. The van der Waals surface area contributed by atoms with Gasteiger partial charge in [0.25, 0.3) is 0 Å². The third-order valence-electron chi connectivity index (χ3n) is 6.42. The highest BCUT2D eigenvalue weighted by Gasteiger charge is 2.21. The zero-order valence-electron chi connectivity index (χ0n) is 18.1. The zero-order valence-corrected chi connectivity index (χ0v) is 18.1. The average molecular weight is 391 g/mol. The van der Waals surface area contributed by atoms with Crippen LogP contribution in [-0.4, -0.2) is 52.6 Å². The molecule has 1 saturated heterocycles. The van der Waals surface area contributed by atoms with Gasteiger partial charge in [-0.1, -0.05) is 36.4 Å². The van der Waals surface area contributed by atoms with Crippen LogP contribution in [0.2, 0.25) is 0 Å². The van der Waals surface area contributed by atoms with Gasteiger partial charge < -0.3 is 9.47 Å². The van der Waals surface area contributed by atoms with E-state index in [9.17, 15) is 0 Å². The van der Waals surface area contributed by atoms with Gasteiger partial charge in [0, 0.05) is 26.7 Å². The van der Waals surface area contributed by atoms with Gasteiger partial charge in [-0.25, -0.2) is 4.98 Å². The minimum Gasteiger partial charge on any atom is -0.330 e. The minimum absolute atomic E-state index is 0.750. The van der Waals surface area contributed by atoms with E-state index < -0.39 is 0 Å². The van der Waals surface area contributed by atoms with Crippen molar-refractivity contribution in [2.24, 2.45) is 13.0 Å². The van der Waals surface area contributed by atoms with E-state index in [0.29, 0.717) is 0 Å². The highest BCUT2D eigenvalue weighted by molar-refractivity contribution is 5.75. The van der Waals surface area contributed by atoms with Crippen LogP contribution in [0.15, 0.2) is 48.5 Å². The summed E-state index contributed by atoms with van der Waals surface area (Å²) in [6.45, 7) is 7.92. The van der Waals surface area contributed by atoms with Gasteiger partial charge in [-0.15, -0.1) is 0 Å². The molecule has 3 aromatic rings. The number of hydrogen-bond acceptors (Lipinski definition) is 3. The third kappa shape index (κ3) is 4.88. The summed E-state index contributed by atoms with van der Waals surface area (Å²) >= 11 is 0. The molecule has 0 amide bonds. The molecule has 0 bridgehead atoms. The monoisotopic (exact) mass is 390 g/mol. The lowest BCUT2D eigenvalue weighted by molar-refractivity contribution is 0.141. The van der Waals surface area contributed by atoms with E-state index in [4.69, 9.17) is 4.98 Å². The van der Waals surface area contributed by atoms with Crippen LogP contribution in [0.5, 0.6) is 0 Å². The minimum atomic E-state index is 0.750. The van der Waals surface area contributed by atoms with Crippen molar-refractivity contribution in [2.75, 3.05) is 33.2 Å². The molecular weight excluding hydrogens is 356 g/mol. The fourth-order valence-electron chi connectivity index (χ4n) is 4.76. The van der Waals surface area contributed by atoms with E-state index >= 15 is 0 Å². The van der Waals surface area contributed by atoms with Crippen molar-refractivity contribution in [1.82, 2.24) is 19.4 Å². The second kappa shape index (κ2) is 9.10. The summed E-state index contributed by atoms with van der Waals surface area (Å²) in [4.78, 5) is 9.97. The Kier molecular flexibility index (Phi) is 6.31. The summed E-state index contributed by atoms with van der Waals surface area (Å²) in [5.41, 5.74) is 5.23. The van der Waals surface area contributed by atoms with Gasteiger partial charge in [0.15, 0.2) is 0 Å². The zero-order chi connectivity index (χ0) is 20.2. The van der Waals surface area contributed by atoms with Crippen LogP contribution in [0.3, 0.4) is 0 Å². The molecule has 0 aliphatic carbocycles. The highest BCUT2D eigenvalue weighted by Crippen LogP contribution is 2.20. The van der Waals surface area contributed by atoms with Crippen molar-refractivity contribution in [1.29, 1.82) is 0 Å². The van der Waals surface area contributed by atoms with E-state index in [1.165, 1.54) is 49.1 Å². The Labute approximate surface area is 175 Å². The summed E-state index contributed by atoms with van der Waals surface area (Å²) in [5, 5.41) is 0. The number of aryl methyl sites for hydroxylation is 2. The Morgan fingerprint density at radius 2 is 1.90 bits per heavy atom. The van der Waals surface area contributed by atoms with Crippen LogP contribution in [0.1, 0.15) is 29.8 Å². The number of nitrogens with zero attached hydrogens (tertiary/aromatic N) is 4. The highest BCUT2D eigenvalue weighted by atomic mass is 15.2. The molecule has 1 unspecified atom stereocenters. The number of benzene rings is 2. The number of hydrogen-bond donors (Lipinski definition) is 0. The molecule has 154 valence electrons. The molecule has 0 radical (unpaired) electrons. The lowest BCUT2D eigenvalue weighted by Gasteiger charge is -2.34. The van der Waals surface area contributed by atoms with Crippen molar-refractivity contribution in [3.05, 3.63) is 65.5 Å². The van der Waals surface area contributed by atoms with Crippen molar-refractivity contribution in [3.63, 3.8) is 0 Å². The van der Waals surface area contributed by atoms with Gasteiger partial charge in [0.1, 0.15) is 5.82 Å². The topological polar surface area (TPSA) is 24.3 Å². The first-order chi connectivity index (χ1) is 14.1. The quantitative estimate of drug-likeness (QED) is 0.602. The maximum Gasteiger partial charge on any atom is 0.123 e. The van der Waals surface area contributed by atoms with E-state index in [0.717, 1.165) is 36.8 Å². The normalized spacial score (nSPS) is 18.0. The Morgan fingerprint density at radius 1 is 1.10 bits per heavy atom. The average Bonchev–Trinajstić information content (AvgIpc) is 3.03. The van der Waals surface area contributed by atoms with Crippen molar-refractivity contribution < 1.29 is 0 Å². The molecule has 4 heteroatoms. The first-order valence-corrected chi connectivity index (χ1v) is 11.0. The molecule has 4 nitrogen and oxygen atoms in total. The fraction of sp³-hybridized carbons (Fsp3) is 0.480. The smallest absolute Gasteiger partial charge is 0.123 e. The van der Waals surface area contributed by atoms with Gasteiger partial charge in [0.05, 0.1) is 17.6 Å². The Hall–Kier alpha value is -2.17. The predicted octanol–water partition coefficient (Wildman–Crippen LogP) is 4.27. The fourth-order valence-corrected chi connectivity index (χ4v) is 4.76. The summed E-state index contributed by atoms with van der Waals surface area (Å²) in [6.07, 6.45) is 3.82. The first-order valence-electron chi connectivity index (χ1n) is 11.0. The predicted molar refractivity (Wildman–Crippen MR) is 121 cm³/mol. The number of piperidine rings is 1. The van der Waals surface area contributed by atoms with E-state index in [-0.39, 0.29) is 0 Å². The van der Waals surface area contributed by atoms with E-state index in [1.54, 1.807) is 0 Å². The van der Waals surface area contributed by atoms with Crippen LogP contribution in [0.25, 0.3) is 11.0 Å². The van der Waals surface area contributed by atoms with Gasteiger partial charge in [0.2, 0.25) is 0 Å². The van der Waals surface area contributed by atoms with Gasteiger partial charge in [-0.2, -0.15) is 0 Å². The molecule has 2 aromatic carbocycles. The molecule has 0 spiro atoms. The second-order valence-electron chi connectivity index (χ2n) is 8.76. The molecule has 0 N–H and O–H groups in total. The molecule has 0 saturated carbocycles. The molecule has 2 heterocycles. The van der Waals surface area contributed by atoms with E-state index in [1.807, 2.05) is 0 Å². The lowest BCUT2D eigenvalue weighted by atomic mass is 9.96. The summed E-state index contributed by atoms with van der Waals surface area (Å²) in [7, 11) is 4.37. The number of fused-ring (bicyclic) bond motifs is 1. The number of aromatic nitrogens is 2. The van der Waals surface area contributed by atoms with E-state index in [2.05, 4.69) is 83.9 Å². The number of imidazole rings is 1. The van der Waals surface area contributed by atoms with Crippen molar-refractivity contribution >= 4 is 11.0 Å². The maximum atomic E-state index is 4.84. The SMILES string of the molecule is Cc1ccccc1CCN1CCCC(CN(C)Cc2nc3ccccc3n2C)C1. The van der Waals surface area contributed by atoms with Crippen LogP contribution in [-0.2, 0) is 20.0 Å². The summed E-state index contributed by atoms with van der Waals surface area (Å²) in [5.74, 6) is 1.90. The molecule has 4 rings (SSSR count). The standard InChI is InChI=1S/C25H34N4/c1-20-9-4-5-11-22(20)14-16-29-15-8-10-21(18-29)17-27(2)19-25-26-23-12-6-7-13-24(23)28(25)3/h4-7,9,11-13,21H,8,10,14-19H2,1-3H3. The third-order valence-corrected chi connectivity index (χ3v) is 6.42. The second-order valence-corrected chi connectivity index (χ2v) is 8.76. The number of likely N-dealkylation sites (tertiary alicyclic amines) is 1. The lowest BCUT2D eigenvalue weighted by Crippen LogP contribution is -2.41. The molecule has 29 heavy (non-hydrogen) atoms. The molecule has 1 atom stereocenters. The summed E-state index contributed by atoms with van der Waals surface area (Å²) in [6, 6.07) is 17.2. The van der Waals surface area contributed by atoms with Gasteiger partial charge in [-0.05, 0) is 69.0 Å². The molecular formula is C25H34N4. The Morgan fingerprint density at radius 3 is 2.72 bits per heavy atom. The van der Waals surface area contributed by atoms with Crippen molar-refractivity contribution in [3.8, 4) is 0 Å².